The topological polar surface area (TPSA) is 50.8 Å². The first-order valence-electron chi connectivity index (χ1n) is 14.1. The lowest BCUT2D eigenvalue weighted by Gasteiger charge is -2.67. The summed E-state index contributed by atoms with van der Waals surface area (Å²) in [5, 5.41) is 3.42. The molecule has 2 saturated carbocycles. The van der Waals surface area contributed by atoms with Crippen LogP contribution in [0.2, 0.25) is 0 Å². The van der Waals surface area contributed by atoms with Gasteiger partial charge in [-0.05, 0) is 84.5 Å². The van der Waals surface area contributed by atoms with Crippen molar-refractivity contribution in [2.75, 3.05) is 26.7 Å². The first kappa shape index (κ1) is 24.8. The predicted molar refractivity (Wildman–Crippen MR) is 146 cm³/mol. The molecule has 1 N–H and O–H groups in total. The molecule has 1 unspecified atom stereocenters. The number of hydrogen-bond donors (Lipinski definition) is 1. The minimum atomic E-state index is -0.181. The van der Waals surface area contributed by atoms with Crippen LogP contribution in [0.5, 0.6) is 11.5 Å². The Morgan fingerprint density at radius 1 is 0.919 bits per heavy atom. The van der Waals surface area contributed by atoms with Gasteiger partial charge in [0.05, 0.1) is 7.11 Å². The van der Waals surface area contributed by atoms with Crippen molar-refractivity contribution < 1.29 is 14.3 Å². The molecule has 1 atom stereocenters. The average molecular weight is 503 g/mol. The summed E-state index contributed by atoms with van der Waals surface area (Å²) in [5.41, 5.74) is 3.24. The first-order valence-corrected chi connectivity index (χ1v) is 14.1. The smallest absolute Gasteiger partial charge is 0.415 e. The molecule has 5 heteroatoms. The van der Waals surface area contributed by atoms with Gasteiger partial charge in [0.25, 0.3) is 0 Å². The Labute approximate surface area is 221 Å². The molecule has 2 aliphatic heterocycles. The summed E-state index contributed by atoms with van der Waals surface area (Å²) in [7, 11) is 1.75. The number of hydrogen-bond acceptors (Lipinski definition) is 4. The standard InChI is InChI=1S/C32H42N2O3/c1-30(2,3)28-32(17-23(18-32)14-24-9-5-7-11-26(24)36-4)21-34(28)29(35)37-27-12-8-6-10-25(27)13-22-15-31(16-22)19-33-20-31/h5-12,22-23,28,33H,13-21H2,1-4H3. The second-order valence-corrected chi connectivity index (χ2v) is 13.6. The molecule has 0 aromatic heterocycles. The van der Waals surface area contributed by atoms with Crippen LogP contribution in [0.4, 0.5) is 4.79 Å². The Hall–Kier alpha value is -2.53. The van der Waals surface area contributed by atoms with Gasteiger partial charge in [-0.2, -0.15) is 0 Å². The molecule has 198 valence electrons. The fraction of sp³-hybridized carbons (Fsp3) is 0.594. The number of nitrogens with one attached hydrogen (secondary N) is 1. The fourth-order valence-electron chi connectivity index (χ4n) is 8.37. The fourth-order valence-corrected chi connectivity index (χ4v) is 8.37. The molecular weight excluding hydrogens is 460 g/mol. The van der Waals surface area contributed by atoms with E-state index in [9.17, 15) is 4.79 Å². The van der Waals surface area contributed by atoms with Crippen molar-refractivity contribution in [1.82, 2.24) is 10.2 Å². The van der Waals surface area contributed by atoms with Gasteiger partial charge in [0.15, 0.2) is 0 Å². The van der Waals surface area contributed by atoms with Gasteiger partial charge >= 0.3 is 6.09 Å². The van der Waals surface area contributed by atoms with Crippen molar-refractivity contribution in [2.24, 2.45) is 28.1 Å². The summed E-state index contributed by atoms with van der Waals surface area (Å²) in [6.07, 6.45) is 6.76. The van der Waals surface area contributed by atoms with Crippen molar-refractivity contribution in [3.8, 4) is 11.5 Å². The summed E-state index contributed by atoms with van der Waals surface area (Å²) in [5.74, 6) is 3.06. The molecule has 6 rings (SSSR count). The van der Waals surface area contributed by atoms with E-state index < -0.39 is 0 Å². The largest absolute Gasteiger partial charge is 0.496 e. The second-order valence-electron chi connectivity index (χ2n) is 13.6. The van der Waals surface area contributed by atoms with E-state index in [2.05, 4.69) is 50.4 Å². The van der Waals surface area contributed by atoms with Gasteiger partial charge in [0, 0.05) is 31.1 Å². The number of carbonyl (C=O) groups is 1. The van der Waals surface area contributed by atoms with Crippen LogP contribution >= 0.6 is 0 Å². The molecule has 0 bridgehead atoms. The molecule has 1 amide bonds. The monoisotopic (exact) mass is 502 g/mol. The van der Waals surface area contributed by atoms with E-state index in [1.54, 1.807) is 7.11 Å². The number of carbonyl (C=O) groups excluding carboxylic acids is 1. The van der Waals surface area contributed by atoms with Crippen molar-refractivity contribution in [2.45, 2.75) is 65.3 Å². The second kappa shape index (κ2) is 9.04. The number of likely N-dealkylation sites (tertiary alicyclic amines) is 1. The van der Waals surface area contributed by atoms with Crippen molar-refractivity contribution in [3.05, 3.63) is 59.7 Å². The number of amides is 1. The summed E-state index contributed by atoms with van der Waals surface area (Å²) in [6.45, 7) is 9.94. The molecular formula is C32H42N2O3. The van der Waals surface area contributed by atoms with Gasteiger partial charge in [0.1, 0.15) is 11.5 Å². The highest BCUT2D eigenvalue weighted by Crippen LogP contribution is 2.61. The molecule has 2 aromatic carbocycles. The zero-order valence-corrected chi connectivity index (χ0v) is 22.9. The predicted octanol–water partition coefficient (Wildman–Crippen LogP) is 6.11. The van der Waals surface area contributed by atoms with Gasteiger partial charge < -0.3 is 19.7 Å². The van der Waals surface area contributed by atoms with Crippen LogP contribution in [0.15, 0.2) is 48.5 Å². The molecule has 0 radical (unpaired) electrons. The van der Waals surface area contributed by atoms with E-state index >= 15 is 0 Å². The number of benzene rings is 2. The van der Waals surface area contributed by atoms with Crippen molar-refractivity contribution in [1.29, 1.82) is 0 Å². The van der Waals surface area contributed by atoms with Gasteiger partial charge in [-0.25, -0.2) is 4.79 Å². The van der Waals surface area contributed by atoms with Crippen molar-refractivity contribution in [3.63, 3.8) is 0 Å². The zero-order chi connectivity index (χ0) is 25.8. The summed E-state index contributed by atoms with van der Waals surface area (Å²) >= 11 is 0. The van der Waals surface area contributed by atoms with E-state index in [0.717, 1.165) is 43.7 Å². The number of methoxy groups -OCH3 is 1. The Bertz CT molecular complexity index is 1150. The average Bonchev–Trinajstić information content (AvgIpc) is 2.75. The molecule has 2 aliphatic carbocycles. The minimum absolute atomic E-state index is 0.00323. The highest BCUT2D eigenvalue weighted by atomic mass is 16.6. The highest BCUT2D eigenvalue weighted by molar-refractivity contribution is 5.73. The Balaban J connectivity index is 1.09. The molecule has 37 heavy (non-hydrogen) atoms. The highest BCUT2D eigenvalue weighted by Gasteiger charge is 2.64. The SMILES string of the molecule is COc1ccccc1CC1CC2(C1)CN(C(=O)Oc1ccccc1CC1CC3(CNC3)C1)C2C(C)(C)C. The van der Waals surface area contributed by atoms with Gasteiger partial charge in [-0.15, -0.1) is 0 Å². The quantitative estimate of drug-likeness (QED) is 0.518. The molecule has 4 fully saturated rings. The van der Waals surface area contributed by atoms with Gasteiger partial charge in [0.2, 0.25) is 0 Å². The third-order valence-corrected chi connectivity index (χ3v) is 9.65. The van der Waals surface area contributed by atoms with Gasteiger partial charge in [-0.3, -0.25) is 0 Å². The maximum absolute atomic E-state index is 13.5. The van der Waals surface area contributed by atoms with E-state index in [0.29, 0.717) is 17.3 Å². The first-order chi connectivity index (χ1) is 17.7. The van der Waals surface area contributed by atoms with Crippen molar-refractivity contribution >= 4 is 6.09 Å². The maximum Gasteiger partial charge on any atom is 0.415 e. The van der Waals surface area contributed by atoms with E-state index in [-0.39, 0.29) is 23.0 Å². The van der Waals surface area contributed by atoms with Crippen LogP contribution in [0.1, 0.15) is 57.6 Å². The van der Waals surface area contributed by atoms with Gasteiger partial charge in [-0.1, -0.05) is 57.2 Å². The van der Waals surface area contributed by atoms with Crippen LogP contribution in [-0.2, 0) is 12.8 Å². The Morgan fingerprint density at radius 2 is 1.49 bits per heavy atom. The molecule has 2 spiro atoms. The summed E-state index contributed by atoms with van der Waals surface area (Å²) in [4.78, 5) is 15.5. The van der Waals surface area contributed by atoms with Crippen LogP contribution in [0, 0.1) is 28.1 Å². The van der Waals surface area contributed by atoms with Crippen LogP contribution in [0.25, 0.3) is 0 Å². The Morgan fingerprint density at radius 3 is 2.05 bits per heavy atom. The van der Waals surface area contributed by atoms with E-state index in [1.807, 2.05) is 29.2 Å². The maximum atomic E-state index is 13.5. The molecule has 2 heterocycles. The van der Waals surface area contributed by atoms with E-state index in [1.165, 1.54) is 37.1 Å². The Kier molecular flexibility index (Phi) is 6.06. The lowest BCUT2D eigenvalue weighted by Crippen LogP contribution is -2.74. The summed E-state index contributed by atoms with van der Waals surface area (Å²) in [6, 6.07) is 16.7. The van der Waals surface area contributed by atoms with Crippen LogP contribution in [-0.4, -0.2) is 43.8 Å². The number of ether oxygens (including phenoxy) is 2. The minimum Gasteiger partial charge on any atom is -0.496 e. The molecule has 2 aromatic rings. The number of nitrogens with zero attached hydrogens (tertiary/aromatic N) is 1. The zero-order valence-electron chi connectivity index (χ0n) is 22.9. The summed E-state index contributed by atoms with van der Waals surface area (Å²) < 4.78 is 11.7. The molecule has 5 nitrogen and oxygen atoms in total. The van der Waals surface area contributed by atoms with Crippen LogP contribution < -0.4 is 14.8 Å². The van der Waals surface area contributed by atoms with Crippen LogP contribution in [0.3, 0.4) is 0 Å². The van der Waals surface area contributed by atoms with E-state index in [4.69, 9.17) is 9.47 Å². The lowest BCUT2D eigenvalue weighted by atomic mass is 9.48. The normalized spacial score (nSPS) is 25.6. The third-order valence-electron chi connectivity index (χ3n) is 9.65. The number of rotatable bonds is 6. The lowest BCUT2D eigenvalue weighted by molar-refractivity contribution is -0.171. The third kappa shape index (κ3) is 4.43. The molecule has 4 aliphatic rings. The molecule has 2 saturated heterocycles. The number of para-hydroxylation sites is 2.